The minimum absolute atomic E-state index is 0.0208. The van der Waals surface area contributed by atoms with Crippen molar-refractivity contribution in [2.75, 3.05) is 0 Å². The fourth-order valence-corrected chi connectivity index (χ4v) is 3.92. The fourth-order valence-electron chi connectivity index (χ4n) is 3.92. The van der Waals surface area contributed by atoms with Crippen LogP contribution in [0.5, 0.6) is 0 Å². The van der Waals surface area contributed by atoms with Gasteiger partial charge in [-0.15, -0.1) is 0 Å². The molecule has 1 saturated carbocycles. The SMILES string of the molecule is C[C@H]1C(c2cc(C(F)(F)F)cc(C(F)(F)F)c2)OC(=O)N1Cc1cc(C(F)(F)F)ccc1C#CC1CC1. The Labute approximate surface area is 205 Å². The molecule has 1 heterocycles. The number of hydrogen-bond acceptors (Lipinski definition) is 2. The van der Waals surface area contributed by atoms with E-state index in [0.29, 0.717) is 12.1 Å². The number of carbonyl (C=O) groups excluding carboxylic acids is 1. The van der Waals surface area contributed by atoms with E-state index >= 15 is 0 Å². The van der Waals surface area contributed by atoms with Crippen LogP contribution >= 0.6 is 0 Å². The van der Waals surface area contributed by atoms with Gasteiger partial charge in [0, 0.05) is 11.5 Å². The highest BCUT2D eigenvalue weighted by Crippen LogP contribution is 2.41. The van der Waals surface area contributed by atoms with Crippen molar-refractivity contribution in [2.45, 2.75) is 57.0 Å². The van der Waals surface area contributed by atoms with Crippen LogP contribution in [-0.2, 0) is 29.8 Å². The van der Waals surface area contributed by atoms with Gasteiger partial charge in [0.25, 0.3) is 0 Å². The van der Waals surface area contributed by atoms with E-state index in [2.05, 4.69) is 11.8 Å². The molecule has 2 atom stereocenters. The molecule has 1 unspecified atom stereocenters. The largest absolute Gasteiger partial charge is 0.439 e. The number of alkyl halides is 9. The molecule has 0 N–H and O–H groups in total. The van der Waals surface area contributed by atoms with E-state index in [0.717, 1.165) is 29.9 Å². The molecule has 2 aromatic rings. The van der Waals surface area contributed by atoms with Crippen LogP contribution in [0, 0.1) is 17.8 Å². The molecule has 2 fully saturated rings. The van der Waals surface area contributed by atoms with Crippen LogP contribution in [0.15, 0.2) is 36.4 Å². The number of carbonyl (C=O) groups is 1. The molecule has 2 aromatic carbocycles. The molecule has 37 heavy (non-hydrogen) atoms. The van der Waals surface area contributed by atoms with Gasteiger partial charge in [0.05, 0.1) is 29.3 Å². The molecule has 0 radical (unpaired) electrons. The Morgan fingerprint density at radius 3 is 1.95 bits per heavy atom. The van der Waals surface area contributed by atoms with E-state index in [9.17, 15) is 44.3 Å². The first-order chi connectivity index (χ1) is 17.0. The van der Waals surface area contributed by atoms with Crippen molar-refractivity contribution in [3.05, 3.63) is 69.8 Å². The first-order valence-electron chi connectivity index (χ1n) is 11.0. The van der Waals surface area contributed by atoms with Gasteiger partial charge in [-0.05, 0) is 67.3 Å². The number of benzene rings is 2. The first kappa shape index (κ1) is 26.7. The van der Waals surface area contributed by atoms with Gasteiger partial charge in [0.1, 0.15) is 6.10 Å². The predicted molar refractivity (Wildman–Crippen MR) is 112 cm³/mol. The Morgan fingerprint density at radius 2 is 1.43 bits per heavy atom. The Kier molecular flexibility index (Phi) is 6.63. The molecular formula is C25H18F9NO2. The second-order valence-corrected chi connectivity index (χ2v) is 8.93. The summed E-state index contributed by atoms with van der Waals surface area (Å²) in [6.07, 6.45) is -15.8. The van der Waals surface area contributed by atoms with Crippen molar-refractivity contribution in [1.82, 2.24) is 4.90 Å². The normalized spacial score (nSPS) is 20.5. The predicted octanol–water partition coefficient (Wildman–Crippen LogP) is 7.59. The minimum atomic E-state index is -5.10. The number of hydrogen-bond donors (Lipinski definition) is 0. The third kappa shape index (κ3) is 5.97. The van der Waals surface area contributed by atoms with Crippen LogP contribution in [0.4, 0.5) is 44.3 Å². The molecule has 1 amide bonds. The third-order valence-electron chi connectivity index (χ3n) is 6.09. The molecule has 2 aliphatic rings. The maximum absolute atomic E-state index is 13.3. The van der Waals surface area contributed by atoms with Gasteiger partial charge in [-0.25, -0.2) is 4.79 Å². The van der Waals surface area contributed by atoms with Crippen molar-refractivity contribution in [1.29, 1.82) is 0 Å². The lowest BCUT2D eigenvalue weighted by Gasteiger charge is -2.23. The zero-order valence-electron chi connectivity index (χ0n) is 19.0. The van der Waals surface area contributed by atoms with Crippen molar-refractivity contribution in [2.24, 2.45) is 5.92 Å². The minimum Gasteiger partial charge on any atom is -0.439 e. The highest BCUT2D eigenvalue weighted by atomic mass is 19.4. The maximum atomic E-state index is 13.3. The van der Waals surface area contributed by atoms with Crippen LogP contribution in [-0.4, -0.2) is 17.0 Å². The number of rotatable bonds is 3. The molecule has 12 heteroatoms. The molecule has 1 aliphatic carbocycles. The molecule has 4 rings (SSSR count). The van der Waals surface area contributed by atoms with Gasteiger partial charge in [-0.3, -0.25) is 4.90 Å². The second kappa shape index (κ2) is 9.19. The number of nitrogens with zero attached hydrogens (tertiary/aromatic N) is 1. The van der Waals surface area contributed by atoms with Gasteiger partial charge in [0.2, 0.25) is 0 Å². The summed E-state index contributed by atoms with van der Waals surface area (Å²) in [6, 6.07) is 2.60. The van der Waals surface area contributed by atoms with Crippen molar-refractivity contribution in [3.8, 4) is 11.8 Å². The molecular weight excluding hydrogens is 517 g/mol. The van der Waals surface area contributed by atoms with Gasteiger partial charge >= 0.3 is 24.6 Å². The maximum Gasteiger partial charge on any atom is 0.416 e. The lowest BCUT2D eigenvalue weighted by molar-refractivity contribution is -0.143. The van der Waals surface area contributed by atoms with Crippen molar-refractivity contribution in [3.63, 3.8) is 0 Å². The van der Waals surface area contributed by atoms with Gasteiger partial charge in [-0.2, -0.15) is 39.5 Å². The zero-order chi connectivity index (χ0) is 27.3. The highest BCUT2D eigenvalue weighted by molar-refractivity contribution is 5.71. The lowest BCUT2D eigenvalue weighted by atomic mass is 9.97. The summed E-state index contributed by atoms with van der Waals surface area (Å²) in [6.45, 7) is 0.881. The third-order valence-corrected chi connectivity index (χ3v) is 6.09. The summed E-state index contributed by atoms with van der Waals surface area (Å²) in [5, 5.41) is 0. The summed E-state index contributed by atoms with van der Waals surface area (Å²) >= 11 is 0. The van der Waals surface area contributed by atoms with Crippen LogP contribution < -0.4 is 0 Å². The summed E-state index contributed by atoms with van der Waals surface area (Å²) < 4.78 is 125. The summed E-state index contributed by atoms with van der Waals surface area (Å²) in [7, 11) is 0. The van der Waals surface area contributed by atoms with Crippen molar-refractivity contribution >= 4 is 6.09 Å². The summed E-state index contributed by atoms with van der Waals surface area (Å²) in [4.78, 5) is 13.6. The van der Waals surface area contributed by atoms with E-state index in [-0.39, 0.29) is 23.1 Å². The van der Waals surface area contributed by atoms with Crippen LogP contribution in [0.3, 0.4) is 0 Å². The Bertz CT molecular complexity index is 1230. The van der Waals surface area contributed by atoms with E-state index in [1.807, 2.05) is 0 Å². The van der Waals surface area contributed by atoms with Crippen LogP contribution in [0.1, 0.15) is 59.3 Å². The van der Waals surface area contributed by atoms with E-state index in [4.69, 9.17) is 4.74 Å². The topological polar surface area (TPSA) is 29.5 Å². The number of ether oxygens (including phenoxy) is 1. The molecule has 0 bridgehead atoms. The molecule has 0 spiro atoms. The Balaban J connectivity index is 1.69. The first-order valence-corrected chi connectivity index (χ1v) is 11.0. The highest BCUT2D eigenvalue weighted by Gasteiger charge is 2.43. The quantitative estimate of drug-likeness (QED) is 0.300. The monoisotopic (exact) mass is 535 g/mol. The van der Waals surface area contributed by atoms with Crippen LogP contribution in [0.2, 0.25) is 0 Å². The fraction of sp³-hybridized carbons (Fsp3) is 0.400. The van der Waals surface area contributed by atoms with E-state index in [1.54, 1.807) is 0 Å². The molecule has 1 aliphatic heterocycles. The molecule has 198 valence electrons. The zero-order valence-corrected chi connectivity index (χ0v) is 19.0. The average molecular weight is 535 g/mol. The lowest BCUT2D eigenvalue weighted by Crippen LogP contribution is -2.32. The summed E-state index contributed by atoms with van der Waals surface area (Å²) in [5.74, 6) is 5.84. The smallest absolute Gasteiger partial charge is 0.416 e. The van der Waals surface area contributed by atoms with Gasteiger partial charge < -0.3 is 4.74 Å². The average Bonchev–Trinajstić information content (AvgIpc) is 3.57. The Morgan fingerprint density at radius 1 is 0.865 bits per heavy atom. The Hall–Kier alpha value is -3.36. The number of cyclic esters (lactones) is 1. The number of amides is 1. The second-order valence-electron chi connectivity index (χ2n) is 8.93. The molecule has 0 aromatic heterocycles. The molecule has 1 saturated heterocycles. The number of halogens is 9. The standard InChI is InChI=1S/C25H18F9NO2/c1-13-21(16-8-19(24(29,30)31)11-20(9-16)25(32,33)34)37-22(36)35(13)12-17-10-18(23(26,27)28)7-6-15(17)5-4-14-2-3-14/h6-11,13-14,21H,2-3,12H2,1H3/t13-,21?/m0/s1. The van der Waals surface area contributed by atoms with Crippen LogP contribution in [0.25, 0.3) is 0 Å². The van der Waals surface area contributed by atoms with E-state index in [1.165, 1.54) is 13.0 Å². The summed E-state index contributed by atoms with van der Waals surface area (Å²) in [5.41, 5.74) is -4.44. The van der Waals surface area contributed by atoms with Gasteiger partial charge in [-0.1, -0.05) is 11.8 Å². The van der Waals surface area contributed by atoms with Gasteiger partial charge in [0.15, 0.2) is 0 Å². The molecule has 3 nitrogen and oxygen atoms in total. The van der Waals surface area contributed by atoms with Crippen molar-refractivity contribution < 1.29 is 49.0 Å². The van der Waals surface area contributed by atoms with E-state index < -0.39 is 65.6 Å².